The fourth-order valence-corrected chi connectivity index (χ4v) is 3.53. The molecule has 2 aromatic carbocycles. The highest BCUT2D eigenvalue weighted by Gasteiger charge is 2.28. The first-order valence-corrected chi connectivity index (χ1v) is 9.22. The number of hydrogen-bond acceptors (Lipinski definition) is 5. The number of piperazine rings is 1. The molecule has 8 heteroatoms. The molecule has 1 unspecified atom stereocenters. The third-order valence-electron chi connectivity index (χ3n) is 4.96. The van der Waals surface area contributed by atoms with Crippen LogP contribution in [0.1, 0.15) is 18.0 Å². The number of carbonyl (C=O) groups is 1. The summed E-state index contributed by atoms with van der Waals surface area (Å²) in [6, 6.07) is 13.0. The lowest BCUT2D eigenvalue weighted by Crippen LogP contribution is -2.49. The largest absolute Gasteiger partial charge is 0.333 e. The number of nitrogens with zero attached hydrogens (tertiary/aromatic N) is 4. The number of halogens is 1. The quantitative estimate of drug-likeness (QED) is 0.741. The highest BCUT2D eigenvalue weighted by atomic mass is 19.1. The number of hydrogen-bond donors (Lipinski definition) is 1. The van der Waals surface area contributed by atoms with Crippen molar-refractivity contribution in [3.63, 3.8) is 0 Å². The third kappa shape index (κ3) is 3.63. The van der Waals surface area contributed by atoms with Crippen LogP contribution in [0.3, 0.4) is 0 Å². The average molecular weight is 381 g/mol. The molecule has 4 rings (SSSR count). The Bertz CT molecular complexity index is 1070. The number of fused-ring (bicyclic) bond motifs is 1. The van der Waals surface area contributed by atoms with Crippen LogP contribution in [-0.4, -0.2) is 45.4 Å². The molecule has 0 bridgehead atoms. The molecule has 0 aliphatic carbocycles. The summed E-state index contributed by atoms with van der Waals surface area (Å²) in [4.78, 5) is 27.1. The molecule has 1 N–H and O–H groups in total. The van der Waals surface area contributed by atoms with Crippen molar-refractivity contribution in [1.82, 2.24) is 25.2 Å². The standard InChI is InChI=1S/C20H20FN5O2/c21-15-5-3-4-14(12-15)18-13-22-9-11-25(18)19(27)8-10-26-20(28)16-6-1-2-7-17(16)23-24-26/h1-7,12,18,22H,8-11,13H2. The van der Waals surface area contributed by atoms with Crippen LogP contribution in [0.5, 0.6) is 0 Å². The Morgan fingerprint density at radius 1 is 1.21 bits per heavy atom. The van der Waals surface area contributed by atoms with E-state index in [1.54, 1.807) is 35.2 Å². The molecule has 2 heterocycles. The van der Waals surface area contributed by atoms with E-state index >= 15 is 0 Å². The first-order chi connectivity index (χ1) is 13.6. The number of carbonyl (C=O) groups excluding carboxylic acids is 1. The van der Waals surface area contributed by atoms with Gasteiger partial charge in [-0.3, -0.25) is 9.59 Å². The monoisotopic (exact) mass is 381 g/mol. The van der Waals surface area contributed by atoms with Gasteiger partial charge in [0.1, 0.15) is 11.3 Å². The molecule has 1 atom stereocenters. The van der Waals surface area contributed by atoms with Crippen molar-refractivity contribution in [1.29, 1.82) is 0 Å². The molecule has 1 saturated heterocycles. The summed E-state index contributed by atoms with van der Waals surface area (Å²) >= 11 is 0. The topological polar surface area (TPSA) is 80.1 Å². The molecule has 144 valence electrons. The number of amides is 1. The molecule has 3 aromatic rings. The first-order valence-electron chi connectivity index (χ1n) is 9.22. The minimum Gasteiger partial charge on any atom is -0.333 e. The Balaban J connectivity index is 1.51. The zero-order chi connectivity index (χ0) is 19.5. The van der Waals surface area contributed by atoms with Gasteiger partial charge in [0.05, 0.1) is 18.0 Å². The summed E-state index contributed by atoms with van der Waals surface area (Å²) in [5, 5.41) is 11.7. The highest BCUT2D eigenvalue weighted by Crippen LogP contribution is 2.23. The number of aromatic nitrogens is 3. The summed E-state index contributed by atoms with van der Waals surface area (Å²) in [6.07, 6.45) is 0.124. The molecule has 1 aliphatic heterocycles. The van der Waals surface area contributed by atoms with E-state index in [2.05, 4.69) is 15.6 Å². The van der Waals surface area contributed by atoms with Gasteiger partial charge in [0.15, 0.2) is 0 Å². The van der Waals surface area contributed by atoms with Gasteiger partial charge >= 0.3 is 0 Å². The van der Waals surface area contributed by atoms with E-state index < -0.39 is 0 Å². The van der Waals surface area contributed by atoms with Crippen molar-refractivity contribution >= 4 is 16.8 Å². The van der Waals surface area contributed by atoms with Crippen molar-refractivity contribution in [2.45, 2.75) is 19.0 Å². The SMILES string of the molecule is O=C(CCn1nnc2ccccc2c1=O)N1CCNCC1c1cccc(F)c1. The van der Waals surface area contributed by atoms with E-state index in [0.717, 1.165) is 5.56 Å². The Hall–Kier alpha value is -3.13. The Kier molecular flexibility index (Phi) is 5.12. The van der Waals surface area contributed by atoms with Gasteiger partial charge < -0.3 is 10.2 Å². The smallest absolute Gasteiger partial charge is 0.277 e. The molecule has 1 fully saturated rings. The maximum atomic E-state index is 13.6. The van der Waals surface area contributed by atoms with Crippen LogP contribution in [0.2, 0.25) is 0 Å². The van der Waals surface area contributed by atoms with Crippen LogP contribution >= 0.6 is 0 Å². The fraction of sp³-hybridized carbons (Fsp3) is 0.300. The van der Waals surface area contributed by atoms with E-state index in [4.69, 9.17) is 0 Å². The van der Waals surface area contributed by atoms with Gasteiger partial charge in [0.25, 0.3) is 5.56 Å². The molecule has 0 spiro atoms. The molecular formula is C20H20FN5O2. The number of aryl methyl sites for hydroxylation is 1. The fourth-order valence-electron chi connectivity index (χ4n) is 3.53. The molecule has 1 aromatic heterocycles. The van der Waals surface area contributed by atoms with Gasteiger partial charge in [-0.15, -0.1) is 5.10 Å². The lowest BCUT2D eigenvalue weighted by Gasteiger charge is -2.36. The summed E-state index contributed by atoms with van der Waals surface area (Å²) in [6.45, 7) is 1.91. The molecule has 0 saturated carbocycles. The first kappa shape index (κ1) is 18.2. The Morgan fingerprint density at radius 3 is 2.93 bits per heavy atom. The van der Waals surface area contributed by atoms with E-state index in [1.165, 1.54) is 16.8 Å². The molecule has 1 aliphatic rings. The molecule has 7 nitrogen and oxygen atoms in total. The minimum atomic E-state index is -0.325. The van der Waals surface area contributed by atoms with E-state index in [1.807, 2.05) is 6.07 Å². The van der Waals surface area contributed by atoms with Crippen LogP contribution in [0.15, 0.2) is 53.3 Å². The van der Waals surface area contributed by atoms with Crippen molar-refractivity contribution < 1.29 is 9.18 Å². The maximum absolute atomic E-state index is 13.6. The van der Waals surface area contributed by atoms with Crippen LogP contribution < -0.4 is 10.9 Å². The van der Waals surface area contributed by atoms with Crippen LogP contribution in [0.4, 0.5) is 4.39 Å². The average Bonchev–Trinajstić information content (AvgIpc) is 2.73. The van der Waals surface area contributed by atoms with Gasteiger partial charge in [-0.1, -0.05) is 29.5 Å². The molecule has 1 amide bonds. The lowest BCUT2D eigenvalue weighted by atomic mass is 10.0. The second-order valence-electron chi connectivity index (χ2n) is 6.75. The molecule has 0 radical (unpaired) electrons. The normalized spacial score (nSPS) is 17.0. The second kappa shape index (κ2) is 7.85. The van der Waals surface area contributed by atoms with Gasteiger partial charge in [0.2, 0.25) is 5.91 Å². The number of rotatable bonds is 4. The van der Waals surface area contributed by atoms with Gasteiger partial charge in [0, 0.05) is 26.1 Å². The Morgan fingerprint density at radius 2 is 2.07 bits per heavy atom. The van der Waals surface area contributed by atoms with Crippen molar-refractivity contribution in [2.75, 3.05) is 19.6 Å². The maximum Gasteiger partial charge on any atom is 0.277 e. The van der Waals surface area contributed by atoms with Gasteiger partial charge in [-0.25, -0.2) is 9.07 Å². The molecular weight excluding hydrogens is 361 g/mol. The highest BCUT2D eigenvalue weighted by molar-refractivity contribution is 5.77. The second-order valence-corrected chi connectivity index (χ2v) is 6.75. The van der Waals surface area contributed by atoms with Crippen LogP contribution in [0, 0.1) is 5.82 Å². The van der Waals surface area contributed by atoms with Crippen LogP contribution in [-0.2, 0) is 11.3 Å². The third-order valence-corrected chi connectivity index (χ3v) is 4.96. The van der Waals surface area contributed by atoms with Gasteiger partial charge in [-0.2, -0.15) is 0 Å². The summed E-state index contributed by atoms with van der Waals surface area (Å²) in [5.74, 6) is -0.425. The predicted molar refractivity (Wildman–Crippen MR) is 102 cm³/mol. The van der Waals surface area contributed by atoms with E-state index in [0.29, 0.717) is 30.5 Å². The Labute approximate surface area is 160 Å². The number of benzene rings is 2. The van der Waals surface area contributed by atoms with Crippen molar-refractivity contribution in [3.8, 4) is 0 Å². The minimum absolute atomic E-state index is 0.0994. The zero-order valence-electron chi connectivity index (χ0n) is 15.2. The predicted octanol–water partition coefficient (Wildman–Crippen LogP) is 1.49. The van der Waals surface area contributed by atoms with E-state index in [-0.39, 0.29) is 36.3 Å². The summed E-state index contributed by atoms with van der Waals surface area (Å²) in [5.41, 5.74) is 1.02. The zero-order valence-corrected chi connectivity index (χ0v) is 15.2. The van der Waals surface area contributed by atoms with Crippen molar-refractivity contribution in [2.24, 2.45) is 0 Å². The van der Waals surface area contributed by atoms with E-state index in [9.17, 15) is 14.0 Å². The van der Waals surface area contributed by atoms with Gasteiger partial charge in [-0.05, 0) is 29.8 Å². The summed E-state index contributed by atoms with van der Waals surface area (Å²) in [7, 11) is 0. The molecule has 28 heavy (non-hydrogen) atoms. The summed E-state index contributed by atoms with van der Waals surface area (Å²) < 4.78 is 14.8. The van der Waals surface area contributed by atoms with Crippen LogP contribution in [0.25, 0.3) is 10.9 Å². The lowest BCUT2D eigenvalue weighted by molar-refractivity contribution is -0.134. The van der Waals surface area contributed by atoms with Crippen molar-refractivity contribution in [3.05, 3.63) is 70.3 Å². The number of nitrogens with one attached hydrogen (secondary N) is 1.